The molecule has 0 bridgehead atoms. The minimum Gasteiger partial charge on any atom is -0.375 e. The first-order valence-corrected chi connectivity index (χ1v) is 4.74. The summed E-state index contributed by atoms with van der Waals surface area (Å²) in [5.74, 6) is -0.585. The van der Waals surface area contributed by atoms with Crippen LogP contribution in [0.1, 0.15) is 13.8 Å². The number of methoxy groups -OCH3 is 1. The Morgan fingerprint density at radius 2 is 2.07 bits per heavy atom. The normalized spacial score (nSPS) is 45.1. The fourth-order valence-corrected chi connectivity index (χ4v) is 1.96. The average molecular weight is 200 g/mol. The van der Waals surface area contributed by atoms with E-state index in [1.165, 1.54) is 0 Å². The summed E-state index contributed by atoms with van der Waals surface area (Å²) in [6.45, 7) is 7.42. The quantitative estimate of drug-likeness (QED) is 0.625. The van der Waals surface area contributed by atoms with Crippen LogP contribution in [-0.2, 0) is 18.9 Å². The molecule has 2 heterocycles. The molecule has 0 N–H and O–H groups in total. The monoisotopic (exact) mass is 200 g/mol. The standard InChI is InChI=1S/C10H16O4/c1-5-6-7(11-4)8-9(12-6)14-10(2,3)13-8/h5-9H,1H2,2-4H3. The molecule has 4 nitrogen and oxygen atoms in total. The molecule has 4 atom stereocenters. The van der Waals surface area contributed by atoms with Crippen LogP contribution in [0.2, 0.25) is 0 Å². The number of ether oxygens (including phenoxy) is 4. The number of hydrogen-bond acceptors (Lipinski definition) is 4. The third-order valence-corrected chi connectivity index (χ3v) is 2.53. The first-order valence-electron chi connectivity index (χ1n) is 4.74. The fourth-order valence-electron chi connectivity index (χ4n) is 1.96. The van der Waals surface area contributed by atoms with Crippen molar-refractivity contribution >= 4 is 0 Å². The third kappa shape index (κ3) is 1.48. The summed E-state index contributed by atoms with van der Waals surface area (Å²) in [5, 5.41) is 0. The van der Waals surface area contributed by atoms with Crippen molar-refractivity contribution in [1.82, 2.24) is 0 Å². The lowest BCUT2D eigenvalue weighted by molar-refractivity contribution is -0.210. The molecule has 0 spiro atoms. The molecule has 4 heteroatoms. The summed E-state index contributed by atoms with van der Waals surface area (Å²) in [6, 6.07) is 0. The Balaban J connectivity index is 2.13. The molecule has 2 saturated heterocycles. The molecule has 0 aliphatic carbocycles. The smallest absolute Gasteiger partial charge is 0.190 e. The van der Waals surface area contributed by atoms with Crippen molar-refractivity contribution in [3.63, 3.8) is 0 Å². The highest BCUT2D eigenvalue weighted by Crippen LogP contribution is 2.38. The van der Waals surface area contributed by atoms with E-state index in [1.807, 2.05) is 13.8 Å². The van der Waals surface area contributed by atoms with Gasteiger partial charge in [0.2, 0.25) is 0 Å². The predicted octanol–water partition coefficient (Wildman–Crippen LogP) is 1.06. The van der Waals surface area contributed by atoms with Crippen molar-refractivity contribution in [2.75, 3.05) is 7.11 Å². The minimum absolute atomic E-state index is 0.126. The molecule has 2 fully saturated rings. The summed E-state index contributed by atoms with van der Waals surface area (Å²) < 4.78 is 22.2. The second-order valence-corrected chi connectivity index (χ2v) is 4.01. The van der Waals surface area contributed by atoms with Gasteiger partial charge in [0, 0.05) is 7.11 Å². The van der Waals surface area contributed by atoms with Crippen molar-refractivity contribution in [2.24, 2.45) is 0 Å². The molecular weight excluding hydrogens is 184 g/mol. The van der Waals surface area contributed by atoms with E-state index < -0.39 is 5.79 Å². The van der Waals surface area contributed by atoms with Gasteiger partial charge in [-0.1, -0.05) is 6.08 Å². The van der Waals surface area contributed by atoms with Gasteiger partial charge in [-0.15, -0.1) is 6.58 Å². The average Bonchev–Trinajstić information content (AvgIpc) is 2.55. The zero-order valence-electron chi connectivity index (χ0n) is 8.73. The molecule has 0 aromatic carbocycles. The van der Waals surface area contributed by atoms with Gasteiger partial charge in [-0.25, -0.2) is 0 Å². The maximum Gasteiger partial charge on any atom is 0.190 e. The van der Waals surface area contributed by atoms with Gasteiger partial charge < -0.3 is 18.9 Å². The predicted molar refractivity (Wildman–Crippen MR) is 49.7 cm³/mol. The lowest BCUT2D eigenvalue weighted by Gasteiger charge is -2.23. The molecule has 80 valence electrons. The Morgan fingerprint density at radius 3 is 2.64 bits per heavy atom. The van der Waals surface area contributed by atoms with Gasteiger partial charge in [0.15, 0.2) is 12.1 Å². The summed E-state index contributed by atoms with van der Waals surface area (Å²) >= 11 is 0. The van der Waals surface area contributed by atoms with Crippen LogP contribution >= 0.6 is 0 Å². The SMILES string of the molecule is C=CC1OC2OC(C)(C)OC2C1OC. The van der Waals surface area contributed by atoms with Crippen LogP contribution in [-0.4, -0.2) is 37.5 Å². The van der Waals surface area contributed by atoms with Crippen molar-refractivity contribution in [3.05, 3.63) is 12.7 Å². The van der Waals surface area contributed by atoms with E-state index in [9.17, 15) is 0 Å². The third-order valence-electron chi connectivity index (χ3n) is 2.53. The van der Waals surface area contributed by atoms with Crippen LogP contribution in [0.25, 0.3) is 0 Å². The number of rotatable bonds is 2. The van der Waals surface area contributed by atoms with Crippen LogP contribution < -0.4 is 0 Å². The Morgan fingerprint density at radius 1 is 1.36 bits per heavy atom. The first kappa shape index (κ1) is 10.1. The second kappa shape index (κ2) is 3.31. The summed E-state index contributed by atoms with van der Waals surface area (Å²) in [7, 11) is 1.64. The van der Waals surface area contributed by atoms with Gasteiger partial charge in [-0.05, 0) is 13.8 Å². The van der Waals surface area contributed by atoms with Crippen LogP contribution in [0.3, 0.4) is 0 Å². The van der Waals surface area contributed by atoms with Crippen LogP contribution in [0.15, 0.2) is 12.7 Å². The molecule has 2 aliphatic heterocycles. The topological polar surface area (TPSA) is 36.9 Å². The van der Waals surface area contributed by atoms with Gasteiger partial charge in [0.05, 0.1) is 0 Å². The van der Waals surface area contributed by atoms with E-state index in [2.05, 4.69) is 6.58 Å². The summed E-state index contributed by atoms with van der Waals surface area (Å²) in [6.07, 6.45) is 0.952. The lowest BCUT2D eigenvalue weighted by Crippen LogP contribution is -2.35. The number of hydrogen-bond donors (Lipinski definition) is 0. The second-order valence-electron chi connectivity index (χ2n) is 4.01. The highest BCUT2D eigenvalue weighted by Gasteiger charge is 2.54. The van der Waals surface area contributed by atoms with E-state index in [1.54, 1.807) is 13.2 Å². The Labute approximate surface area is 83.8 Å². The van der Waals surface area contributed by atoms with Crippen LogP contribution in [0.4, 0.5) is 0 Å². The fraction of sp³-hybridized carbons (Fsp3) is 0.800. The van der Waals surface area contributed by atoms with Gasteiger partial charge in [-0.2, -0.15) is 0 Å². The molecule has 2 aliphatic rings. The summed E-state index contributed by atoms with van der Waals surface area (Å²) in [5.41, 5.74) is 0. The Hall–Kier alpha value is -0.420. The zero-order valence-corrected chi connectivity index (χ0v) is 8.73. The Bertz CT molecular complexity index is 238. The van der Waals surface area contributed by atoms with E-state index in [4.69, 9.17) is 18.9 Å². The van der Waals surface area contributed by atoms with Crippen LogP contribution in [0, 0.1) is 0 Å². The van der Waals surface area contributed by atoms with Crippen molar-refractivity contribution in [1.29, 1.82) is 0 Å². The summed E-state index contributed by atoms with van der Waals surface area (Å²) in [4.78, 5) is 0. The maximum absolute atomic E-state index is 5.69. The van der Waals surface area contributed by atoms with E-state index in [0.717, 1.165) is 0 Å². The molecule has 0 amide bonds. The molecule has 0 saturated carbocycles. The molecular formula is C10H16O4. The van der Waals surface area contributed by atoms with E-state index >= 15 is 0 Å². The lowest BCUT2D eigenvalue weighted by atomic mass is 10.1. The highest BCUT2D eigenvalue weighted by atomic mass is 16.8. The van der Waals surface area contributed by atoms with Gasteiger partial charge in [0.1, 0.15) is 18.3 Å². The van der Waals surface area contributed by atoms with Gasteiger partial charge >= 0.3 is 0 Å². The van der Waals surface area contributed by atoms with Crippen molar-refractivity contribution in [2.45, 2.75) is 44.2 Å². The van der Waals surface area contributed by atoms with Gasteiger partial charge in [0.25, 0.3) is 0 Å². The molecule has 0 aromatic rings. The van der Waals surface area contributed by atoms with Crippen molar-refractivity contribution in [3.8, 4) is 0 Å². The zero-order chi connectivity index (χ0) is 10.3. The molecule has 14 heavy (non-hydrogen) atoms. The van der Waals surface area contributed by atoms with Gasteiger partial charge in [-0.3, -0.25) is 0 Å². The molecule has 0 aromatic heterocycles. The molecule has 4 unspecified atom stereocenters. The molecule has 0 radical (unpaired) electrons. The minimum atomic E-state index is -0.585. The van der Waals surface area contributed by atoms with E-state index in [0.29, 0.717) is 0 Å². The van der Waals surface area contributed by atoms with E-state index in [-0.39, 0.29) is 24.6 Å². The number of fused-ring (bicyclic) bond motifs is 1. The highest BCUT2D eigenvalue weighted by molar-refractivity contribution is 5.00. The van der Waals surface area contributed by atoms with Crippen molar-refractivity contribution < 1.29 is 18.9 Å². The Kier molecular flexibility index (Phi) is 2.39. The maximum atomic E-state index is 5.69. The van der Waals surface area contributed by atoms with Crippen LogP contribution in [0.5, 0.6) is 0 Å². The first-order chi connectivity index (χ1) is 6.57. The largest absolute Gasteiger partial charge is 0.375 e. The molecule has 2 rings (SSSR count).